The molecular formula is C18H18FNO3S. The number of hydrogen-bond acceptors (Lipinski definition) is 3. The zero-order chi connectivity index (χ0) is 17.1. The van der Waals surface area contributed by atoms with E-state index < -0.39 is 17.9 Å². The number of carboxylic acids is 1. The van der Waals surface area contributed by atoms with Crippen molar-refractivity contribution in [3.05, 3.63) is 58.0 Å². The highest BCUT2D eigenvalue weighted by Gasteiger charge is 2.40. The van der Waals surface area contributed by atoms with E-state index in [4.69, 9.17) is 0 Å². The molecule has 6 heteroatoms. The monoisotopic (exact) mass is 347 g/mol. The summed E-state index contributed by atoms with van der Waals surface area (Å²) in [5, 5.41) is 13.3. The number of rotatable bonds is 5. The molecule has 1 aliphatic rings. The van der Waals surface area contributed by atoms with E-state index in [-0.39, 0.29) is 18.1 Å². The molecule has 2 heterocycles. The number of aliphatic carboxylic acids is 1. The second-order valence-corrected chi connectivity index (χ2v) is 6.73. The van der Waals surface area contributed by atoms with Crippen molar-refractivity contribution >= 4 is 23.2 Å². The van der Waals surface area contributed by atoms with Crippen LogP contribution in [0.25, 0.3) is 0 Å². The van der Waals surface area contributed by atoms with Crippen molar-refractivity contribution < 1.29 is 19.1 Å². The first-order chi connectivity index (χ1) is 11.6. The molecule has 0 radical (unpaired) electrons. The third-order valence-electron chi connectivity index (χ3n) is 4.44. The molecule has 126 valence electrons. The van der Waals surface area contributed by atoms with Crippen molar-refractivity contribution in [2.45, 2.75) is 25.3 Å². The van der Waals surface area contributed by atoms with Crippen LogP contribution in [-0.4, -0.2) is 28.4 Å². The Hall–Kier alpha value is -2.21. The van der Waals surface area contributed by atoms with Crippen LogP contribution in [-0.2, 0) is 16.0 Å². The molecule has 1 aliphatic heterocycles. The Morgan fingerprint density at radius 2 is 2.21 bits per heavy atom. The Kier molecular flexibility index (Phi) is 4.94. The molecule has 24 heavy (non-hydrogen) atoms. The first-order valence-electron chi connectivity index (χ1n) is 7.85. The van der Waals surface area contributed by atoms with Crippen molar-refractivity contribution in [3.8, 4) is 0 Å². The van der Waals surface area contributed by atoms with Crippen LogP contribution < -0.4 is 0 Å². The van der Waals surface area contributed by atoms with Gasteiger partial charge < -0.3 is 10.0 Å². The van der Waals surface area contributed by atoms with Crippen LogP contribution in [0.5, 0.6) is 0 Å². The van der Waals surface area contributed by atoms with Crippen LogP contribution in [0, 0.1) is 11.7 Å². The van der Waals surface area contributed by atoms with Gasteiger partial charge in [0.05, 0.1) is 12.0 Å². The lowest BCUT2D eigenvalue weighted by Gasteiger charge is -2.39. The van der Waals surface area contributed by atoms with Crippen molar-refractivity contribution in [1.82, 2.24) is 4.90 Å². The highest BCUT2D eigenvalue weighted by atomic mass is 32.1. The number of benzene rings is 1. The van der Waals surface area contributed by atoms with Gasteiger partial charge >= 0.3 is 5.97 Å². The average molecular weight is 347 g/mol. The molecule has 0 saturated carbocycles. The van der Waals surface area contributed by atoms with Gasteiger partial charge in [-0.05, 0) is 52.9 Å². The topological polar surface area (TPSA) is 57.6 Å². The molecule has 0 unspecified atom stereocenters. The highest BCUT2D eigenvalue weighted by molar-refractivity contribution is 7.08. The minimum absolute atomic E-state index is 0.0416. The van der Waals surface area contributed by atoms with Gasteiger partial charge in [0.15, 0.2) is 0 Å². The van der Waals surface area contributed by atoms with E-state index in [1.165, 1.54) is 23.5 Å². The summed E-state index contributed by atoms with van der Waals surface area (Å²) in [6, 6.07) is 7.69. The first-order valence-corrected chi connectivity index (χ1v) is 8.79. The second-order valence-electron chi connectivity index (χ2n) is 5.95. The third-order valence-corrected chi connectivity index (χ3v) is 5.14. The lowest BCUT2D eigenvalue weighted by atomic mass is 9.85. The number of halogens is 1. The zero-order valence-corrected chi connectivity index (χ0v) is 13.8. The van der Waals surface area contributed by atoms with E-state index in [2.05, 4.69) is 0 Å². The van der Waals surface area contributed by atoms with Crippen molar-refractivity contribution in [3.63, 3.8) is 0 Å². The standard InChI is InChI=1S/C18H18FNO3S/c19-14-3-1-2-12(10-14)6-8-20-16(21)5-4-15(18(22)23)17(20)13-7-9-24-11-13/h1-3,7,9-11,15,17H,4-6,8H2,(H,22,23)/t15-,17+/m0/s1. The van der Waals surface area contributed by atoms with Crippen molar-refractivity contribution in [2.24, 2.45) is 5.92 Å². The molecule has 1 saturated heterocycles. The minimum Gasteiger partial charge on any atom is -0.481 e. The number of amides is 1. The van der Waals surface area contributed by atoms with Gasteiger partial charge in [-0.3, -0.25) is 9.59 Å². The Morgan fingerprint density at radius 1 is 1.38 bits per heavy atom. The van der Waals surface area contributed by atoms with Gasteiger partial charge in [0.1, 0.15) is 5.82 Å². The Bertz CT molecular complexity index is 732. The van der Waals surface area contributed by atoms with Crippen molar-refractivity contribution in [2.75, 3.05) is 6.54 Å². The summed E-state index contributed by atoms with van der Waals surface area (Å²) in [6.45, 7) is 0.382. The lowest BCUT2D eigenvalue weighted by Crippen LogP contribution is -2.46. The summed E-state index contributed by atoms with van der Waals surface area (Å²) in [4.78, 5) is 25.7. The maximum atomic E-state index is 13.3. The SMILES string of the molecule is O=C(O)[C@H]1CCC(=O)N(CCc2cccc(F)c2)[C@@H]1c1ccsc1. The molecule has 3 rings (SSSR count). The van der Waals surface area contributed by atoms with Gasteiger partial charge in [-0.15, -0.1) is 0 Å². The molecule has 2 aromatic rings. The van der Waals surface area contributed by atoms with Crippen LogP contribution in [0.4, 0.5) is 4.39 Å². The molecule has 0 aliphatic carbocycles. The largest absolute Gasteiger partial charge is 0.481 e. The minimum atomic E-state index is -0.880. The molecule has 1 N–H and O–H groups in total. The number of likely N-dealkylation sites (tertiary alicyclic amines) is 1. The average Bonchev–Trinajstić information content (AvgIpc) is 3.07. The van der Waals surface area contributed by atoms with Crippen LogP contribution in [0.3, 0.4) is 0 Å². The Labute approximate surface area is 143 Å². The van der Waals surface area contributed by atoms with Gasteiger partial charge in [-0.2, -0.15) is 11.3 Å². The van der Waals surface area contributed by atoms with Gasteiger partial charge in [-0.1, -0.05) is 12.1 Å². The van der Waals surface area contributed by atoms with Crippen LogP contribution in [0.15, 0.2) is 41.1 Å². The molecule has 1 aromatic heterocycles. The number of carbonyl (C=O) groups is 2. The van der Waals surface area contributed by atoms with Gasteiger partial charge in [0, 0.05) is 13.0 Å². The van der Waals surface area contributed by atoms with Gasteiger partial charge in [0.25, 0.3) is 0 Å². The summed E-state index contributed by atoms with van der Waals surface area (Å²) < 4.78 is 13.3. The fourth-order valence-corrected chi connectivity index (χ4v) is 3.96. The fourth-order valence-electron chi connectivity index (χ4n) is 3.27. The normalized spacial score (nSPS) is 21.0. The van der Waals surface area contributed by atoms with E-state index in [0.717, 1.165) is 11.1 Å². The Morgan fingerprint density at radius 3 is 2.88 bits per heavy atom. The molecular weight excluding hydrogens is 329 g/mol. The molecule has 1 aromatic carbocycles. The molecule has 4 nitrogen and oxygen atoms in total. The van der Waals surface area contributed by atoms with Gasteiger partial charge in [0.2, 0.25) is 5.91 Å². The van der Waals surface area contributed by atoms with Crippen LogP contribution in [0.1, 0.15) is 30.0 Å². The summed E-state index contributed by atoms with van der Waals surface area (Å²) in [7, 11) is 0. The quantitative estimate of drug-likeness (QED) is 0.901. The van der Waals surface area contributed by atoms with Gasteiger partial charge in [-0.25, -0.2) is 4.39 Å². The smallest absolute Gasteiger partial charge is 0.308 e. The zero-order valence-electron chi connectivity index (χ0n) is 13.0. The molecule has 1 fully saturated rings. The number of piperidine rings is 1. The van der Waals surface area contributed by atoms with Crippen molar-refractivity contribution in [1.29, 1.82) is 0 Å². The number of carboxylic acid groups (broad SMARTS) is 1. The van der Waals surface area contributed by atoms with Crippen LogP contribution >= 0.6 is 11.3 Å². The summed E-state index contributed by atoms with van der Waals surface area (Å²) in [6.07, 6.45) is 1.09. The maximum absolute atomic E-state index is 13.3. The van der Waals surface area contributed by atoms with E-state index >= 15 is 0 Å². The predicted octanol–water partition coefficient (Wildman–Crippen LogP) is 3.49. The summed E-state index contributed by atoms with van der Waals surface area (Å²) >= 11 is 1.49. The van der Waals surface area contributed by atoms with E-state index in [1.807, 2.05) is 22.9 Å². The molecule has 2 atom stereocenters. The Balaban J connectivity index is 1.84. The number of carbonyl (C=O) groups excluding carboxylic acids is 1. The first kappa shape index (κ1) is 16.6. The number of thiophene rings is 1. The summed E-state index contributed by atoms with van der Waals surface area (Å²) in [5.41, 5.74) is 1.66. The fraction of sp³-hybridized carbons (Fsp3) is 0.333. The lowest BCUT2D eigenvalue weighted by molar-refractivity contribution is -0.152. The van der Waals surface area contributed by atoms with Crippen LogP contribution in [0.2, 0.25) is 0 Å². The number of hydrogen-bond donors (Lipinski definition) is 1. The molecule has 0 spiro atoms. The third kappa shape index (κ3) is 3.48. The van der Waals surface area contributed by atoms with E-state index in [9.17, 15) is 19.1 Å². The second kappa shape index (κ2) is 7.13. The molecule has 1 amide bonds. The van der Waals surface area contributed by atoms with E-state index in [0.29, 0.717) is 19.4 Å². The highest BCUT2D eigenvalue weighted by Crippen LogP contribution is 2.37. The maximum Gasteiger partial charge on any atom is 0.308 e. The summed E-state index contributed by atoms with van der Waals surface area (Å²) in [5.74, 6) is -1.84. The predicted molar refractivity (Wildman–Crippen MR) is 89.2 cm³/mol. The number of nitrogens with zero attached hydrogens (tertiary/aromatic N) is 1. The van der Waals surface area contributed by atoms with E-state index in [1.54, 1.807) is 11.0 Å². The molecule has 0 bridgehead atoms.